The lowest BCUT2D eigenvalue weighted by atomic mass is 10.1. The lowest BCUT2D eigenvalue weighted by molar-refractivity contribution is 0.350. The van der Waals surface area contributed by atoms with Gasteiger partial charge in [0, 0.05) is 22.8 Å². The van der Waals surface area contributed by atoms with Crippen LogP contribution in [0.2, 0.25) is 0 Å². The highest BCUT2D eigenvalue weighted by atomic mass is 16.5. The molecule has 0 unspecified atom stereocenters. The van der Waals surface area contributed by atoms with Crippen LogP contribution in [0.15, 0.2) is 42.5 Å². The number of aliphatic hydroxyl groups excluding tert-OH is 1. The maximum absolute atomic E-state index is 8.80. The summed E-state index contributed by atoms with van der Waals surface area (Å²) in [5, 5.41) is 8.80. The van der Waals surface area contributed by atoms with Gasteiger partial charge in [0.2, 0.25) is 0 Å². The van der Waals surface area contributed by atoms with Gasteiger partial charge in [-0.1, -0.05) is 35.8 Å². The van der Waals surface area contributed by atoms with Crippen molar-refractivity contribution in [1.82, 2.24) is 0 Å². The summed E-state index contributed by atoms with van der Waals surface area (Å²) in [4.78, 5) is 0. The third-order valence-electron chi connectivity index (χ3n) is 2.92. The van der Waals surface area contributed by atoms with Gasteiger partial charge in [0.05, 0.1) is 14.2 Å². The van der Waals surface area contributed by atoms with Crippen LogP contribution in [0.4, 0.5) is 0 Å². The molecule has 22 heavy (non-hydrogen) atoms. The molecular weight excluding hydrogens is 276 g/mol. The molecule has 0 aliphatic carbocycles. The average molecular weight is 292 g/mol. The fourth-order valence-corrected chi connectivity index (χ4v) is 1.85. The van der Waals surface area contributed by atoms with Crippen molar-refractivity contribution in [2.75, 3.05) is 20.8 Å². The number of aliphatic hydroxyl groups is 1. The highest BCUT2D eigenvalue weighted by Gasteiger charge is 2.00. The number of rotatable bonds is 2. The van der Waals surface area contributed by atoms with Crippen LogP contribution in [0.25, 0.3) is 0 Å². The molecule has 0 saturated heterocycles. The third kappa shape index (κ3) is 4.06. The van der Waals surface area contributed by atoms with Crippen LogP contribution < -0.4 is 9.47 Å². The van der Waals surface area contributed by atoms with Crippen LogP contribution in [0, 0.1) is 23.7 Å². The summed E-state index contributed by atoms with van der Waals surface area (Å²) in [6.07, 6.45) is 0. The van der Waals surface area contributed by atoms with Crippen LogP contribution in [-0.4, -0.2) is 25.9 Å². The molecule has 0 spiro atoms. The molecule has 0 bridgehead atoms. The summed E-state index contributed by atoms with van der Waals surface area (Å²) in [5.74, 6) is 13.1. The molecular formula is C19H16O3. The van der Waals surface area contributed by atoms with Crippen molar-refractivity contribution in [3.8, 4) is 35.2 Å². The fourth-order valence-electron chi connectivity index (χ4n) is 1.85. The molecule has 2 rings (SSSR count). The summed E-state index contributed by atoms with van der Waals surface area (Å²) in [6.45, 7) is -0.172. The second kappa shape index (κ2) is 7.78. The first-order chi connectivity index (χ1) is 10.8. The lowest BCUT2D eigenvalue weighted by Gasteiger charge is -2.04. The minimum Gasteiger partial charge on any atom is -0.497 e. The van der Waals surface area contributed by atoms with Gasteiger partial charge in [-0.3, -0.25) is 0 Å². The number of benzene rings is 2. The molecule has 0 aliphatic heterocycles. The zero-order valence-electron chi connectivity index (χ0n) is 12.5. The second-order valence-electron chi connectivity index (χ2n) is 4.36. The normalized spacial score (nSPS) is 9.05. The van der Waals surface area contributed by atoms with Crippen molar-refractivity contribution in [3.63, 3.8) is 0 Å². The first-order valence-electron chi connectivity index (χ1n) is 6.70. The smallest absolute Gasteiger partial charge is 0.123 e. The molecule has 0 aliphatic rings. The van der Waals surface area contributed by atoms with Gasteiger partial charge in [-0.2, -0.15) is 0 Å². The van der Waals surface area contributed by atoms with Gasteiger partial charge < -0.3 is 14.6 Å². The topological polar surface area (TPSA) is 38.7 Å². The van der Waals surface area contributed by atoms with Crippen molar-refractivity contribution >= 4 is 0 Å². The van der Waals surface area contributed by atoms with Crippen LogP contribution in [-0.2, 0) is 0 Å². The number of methoxy groups -OCH3 is 2. The van der Waals surface area contributed by atoms with Gasteiger partial charge in [-0.25, -0.2) is 0 Å². The first kappa shape index (κ1) is 15.5. The molecule has 3 nitrogen and oxygen atoms in total. The molecule has 0 radical (unpaired) electrons. The average Bonchev–Trinajstić information content (AvgIpc) is 2.58. The van der Waals surface area contributed by atoms with Crippen molar-refractivity contribution in [3.05, 3.63) is 59.2 Å². The van der Waals surface area contributed by atoms with Crippen molar-refractivity contribution in [2.45, 2.75) is 0 Å². The van der Waals surface area contributed by atoms with E-state index in [1.165, 1.54) is 0 Å². The van der Waals surface area contributed by atoms with E-state index in [1.807, 2.05) is 36.4 Å². The fraction of sp³-hybridized carbons (Fsp3) is 0.158. The highest BCUT2D eigenvalue weighted by molar-refractivity contribution is 5.54. The van der Waals surface area contributed by atoms with E-state index in [1.54, 1.807) is 20.3 Å². The Labute approximate surface area is 130 Å². The molecule has 0 atom stereocenters. The Hall–Kier alpha value is -2.88. The van der Waals surface area contributed by atoms with E-state index in [0.717, 1.165) is 16.7 Å². The standard InChI is InChI=1S/C19H16O3/c1-21-18-12-15(13-19(14-18)22-2)9-10-17-7-4-3-6-16(17)8-5-11-20/h3-4,6-7,12-14,20H,11H2,1-2H3. The van der Waals surface area contributed by atoms with Gasteiger partial charge in [-0.05, 0) is 24.3 Å². The van der Waals surface area contributed by atoms with E-state index in [-0.39, 0.29) is 6.61 Å². The van der Waals surface area contributed by atoms with E-state index in [4.69, 9.17) is 14.6 Å². The van der Waals surface area contributed by atoms with Gasteiger partial charge in [-0.15, -0.1) is 0 Å². The Balaban J connectivity index is 2.38. The van der Waals surface area contributed by atoms with Crippen molar-refractivity contribution in [1.29, 1.82) is 0 Å². The monoisotopic (exact) mass is 292 g/mol. The summed E-state index contributed by atoms with van der Waals surface area (Å²) >= 11 is 0. The van der Waals surface area contributed by atoms with Crippen LogP contribution >= 0.6 is 0 Å². The van der Waals surface area contributed by atoms with Gasteiger partial charge >= 0.3 is 0 Å². The maximum Gasteiger partial charge on any atom is 0.123 e. The first-order valence-corrected chi connectivity index (χ1v) is 6.70. The SMILES string of the molecule is COc1cc(C#Cc2ccccc2C#CCO)cc(OC)c1. The summed E-state index contributed by atoms with van der Waals surface area (Å²) in [6, 6.07) is 13.0. The molecule has 0 saturated carbocycles. The zero-order chi connectivity index (χ0) is 15.8. The Morgan fingerprint density at radius 3 is 2.00 bits per heavy atom. The van der Waals surface area contributed by atoms with Crippen molar-refractivity contribution in [2.24, 2.45) is 0 Å². The quantitative estimate of drug-likeness (QED) is 0.864. The van der Waals surface area contributed by atoms with Crippen LogP contribution in [0.1, 0.15) is 16.7 Å². The van der Waals surface area contributed by atoms with E-state index < -0.39 is 0 Å². The largest absolute Gasteiger partial charge is 0.497 e. The summed E-state index contributed by atoms with van der Waals surface area (Å²) in [5.41, 5.74) is 2.39. The molecule has 2 aromatic carbocycles. The summed E-state index contributed by atoms with van der Waals surface area (Å²) < 4.78 is 10.5. The summed E-state index contributed by atoms with van der Waals surface area (Å²) in [7, 11) is 3.21. The Bertz CT molecular complexity index is 748. The number of hydrogen-bond acceptors (Lipinski definition) is 3. The molecule has 0 aromatic heterocycles. The molecule has 0 fully saturated rings. The van der Waals surface area contributed by atoms with E-state index in [0.29, 0.717) is 11.5 Å². The van der Waals surface area contributed by atoms with Crippen molar-refractivity contribution < 1.29 is 14.6 Å². The predicted octanol–water partition coefficient (Wildman–Crippen LogP) is 2.45. The minimum atomic E-state index is -0.172. The van der Waals surface area contributed by atoms with Crippen LogP contribution in [0.5, 0.6) is 11.5 Å². The van der Waals surface area contributed by atoms with Gasteiger partial charge in [0.15, 0.2) is 0 Å². The van der Waals surface area contributed by atoms with E-state index in [2.05, 4.69) is 23.7 Å². The molecule has 1 N–H and O–H groups in total. The Kier molecular flexibility index (Phi) is 5.49. The van der Waals surface area contributed by atoms with E-state index in [9.17, 15) is 0 Å². The number of ether oxygens (including phenoxy) is 2. The number of hydrogen-bond donors (Lipinski definition) is 1. The zero-order valence-corrected chi connectivity index (χ0v) is 12.5. The second-order valence-corrected chi connectivity index (χ2v) is 4.36. The Morgan fingerprint density at radius 2 is 1.45 bits per heavy atom. The molecule has 3 heteroatoms. The minimum absolute atomic E-state index is 0.172. The molecule has 0 heterocycles. The predicted molar refractivity (Wildman–Crippen MR) is 85.9 cm³/mol. The van der Waals surface area contributed by atoms with E-state index >= 15 is 0 Å². The lowest BCUT2D eigenvalue weighted by Crippen LogP contribution is -1.89. The Morgan fingerprint density at radius 1 is 0.864 bits per heavy atom. The van der Waals surface area contributed by atoms with Gasteiger partial charge in [0.25, 0.3) is 0 Å². The molecule has 2 aromatic rings. The van der Waals surface area contributed by atoms with Crippen LogP contribution in [0.3, 0.4) is 0 Å². The highest BCUT2D eigenvalue weighted by Crippen LogP contribution is 2.22. The maximum atomic E-state index is 8.80. The molecule has 0 amide bonds. The third-order valence-corrected chi connectivity index (χ3v) is 2.92. The van der Waals surface area contributed by atoms with Gasteiger partial charge in [0.1, 0.15) is 18.1 Å². The molecule has 110 valence electrons.